The van der Waals surface area contributed by atoms with Gasteiger partial charge in [-0.3, -0.25) is 9.69 Å². The van der Waals surface area contributed by atoms with Crippen molar-refractivity contribution in [3.8, 4) is 0 Å². The SMILES string of the molecule is C=C(C)CN1CCC2(CC1)NC(=O)N(C(CC)C(=O)O)C2=O. The summed E-state index contributed by atoms with van der Waals surface area (Å²) in [4.78, 5) is 39.1. The number of carboxylic acids is 1. The zero-order valence-electron chi connectivity index (χ0n) is 13.1. The first kappa shape index (κ1) is 16.5. The van der Waals surface area contributed by atoms with Crippen molar-refractivity contribution >= 4 is 17.9 Å². The number of hydrogen-bond donors (Lipinski definition) is 2. The summed E-state index contributed by atoms with van der Waals surface area (Å²) >= 11 is 0. The van der Waals surface area contributed by atoms with Crippen LogP contribution in [0, 0.1) is 0 Å². The molecule has 0 aromatic carbocycles. The highest BCUT2D eigenvalue weighted by Crippen LogP contribution is 2.31. The van der Waals surface area contributed by atoms with Crippen LogP contribution < -0.4 is 5.32 Å². The number of likely N-dealkylation sites (tertiary alicyclic amines) is 1. The normalized spacial score (nSPS) is 22.7. The largest absolute Gasteiger partial charge is 0.480 e. The van der Waals surface area contributed by atoms with E-state index in [0.717, 1.165) is 17.0 Å². The van der Waals surface area contributed by atoms with Gasteiger partial charge in [-0.2, -0.15) is 0 Å². The summed E-state index contributed by atoms with van der Waals surface area (Å²) in [5.41, 5.74) is 0.113. The van der Waals surface area contributed by atoms with Crippen LogP contribution in [0.25, 0.3) is 0 Å². The number of carbonyl (C=O) groups is 3. The molecule has 7 nitrogen and oxygen atoms in total. The molecule has 1 atom stereocenters. The highest BCUT2D eigenvalue weighted by atomic mass is 16.4. The number of amides is 3. The molecule has 2 aliphatic rings. The van der Waals surface area contributed by atoms with Crippen LogP contribution >= 0.6 is 0 Å². The van der Waals surface area contributed by atoms with E-state index in [4.69, 9.17) is 0 Å². The van der Waals surface area contributed by atoms with Crippen LogP contribution in [-0.4, -0.2) is 64.0 Å². The average molecular weight is 309 g/mol. The number of rotatable bonds is 5. The number of carboxylic acid groups (broad SMARTS) is 1. The number of nitrogens with zero attached hydrogens (tertiary/aromatic N) is 2. The van der Waals surface area contributed by atoms with Gasteiger partial charge >= 0.3 is 12.0 Å². The molecule has 2 aliphatic heterocycles. The molecule has 7 heteroatoms. The quantitative estimate of drug-likeness (QED) is 0.579. The fraction of sp³-hybridized carbons (Fsp3) is 0.667. The molecular formula is C15H23N3O4. The predicted octanol–water partition coefficient (Wildman–Crippen LogP) is 0.812. The monoisotopic (exact) mass is 309 g/mol. The molecule has 122 valence electrons. The Balaban J connectivity index is 2.12. The van der Waals surface area contributed by atoms with Crippen LogP contribution in [0.2, 0.25) is 0 Å². The maximum Gasteiger partial charge on any atom is 0.326 e. The fourth-order valence-electron chi connectivity index (χ4n) is 3.21. The number of nitrogens with one attached hydrogen (secondary N) is 1. The topological polar surface area (TPSA) is 90.0 Å². The molecule has 2 N–H and O–H groups in total. The highest BCUT2D eigenvalue weighted by molar-refractivity contribution is 6.09. The minimum atomic E-state index is -1.15. The smallest absolute Gasteiger partial charge is 0.326 e. The van der Waals surface area contributed by atoms with Gasteiger partial charge in [-0.15, -0.1) is 0 Å². The molecule has 2 heterocycles. The molecule has 2 fully saturated rings. The summed E-state index contributed by atoms with van der Waals surface area (Å²) in [5.74, 6) is -1.55. The zero-order chi connectivity index (χ0) is 16.5. The first-order valence-electron chi connectivity index (χ1n) is 7.56. The number of aliphatic carboxylic acids is 1. The summed E-state index contributed by atoms with van der Waals surface area (Å²) in [6, 6.07) is -1.69. The Kier molecular flexibility index (Phi) is 4.55. The second-order valence-electron chi connectivity index (χ2n) is 6.18. The lowest BCUT2D eigenvalue weighted by Gasteiger charge is -2.37. The first-order valence-corrected chi connectivity index (χ1v) is 7.56. The van der Waals surface area contributed by atoms with E-state index >= 15 is 0 Å². The molecular weight excluding hydrogens is 286 g/mol. The molecule has 1 unspecified atom stereocenters. The maximum atomic E-state index is 12.7. The van der Waals surface area contributed by atoms with Crippen LogP contribution in [0.3, 0.4) is 0 Å². The van der Waals surface area contributed by atoms with Crippen molar-refractivity contribution in [3.05, 3.63) is 12.2 Å². The molecule has 0 radical (unpaired) electrons. The van der Waals surface area contributed by atoms with Crippen molar-refractivity contribution < 1.29 is 19.5 Å². The van der Waals surface area contributed by atoms with Gasteiger partial charge in [-0.1, -0.05) is 19.1 Å². The van der Waals surface area contributed by atoms with E-state index < -0.39 is 29.5 Å². The Labute approximate surface area is 129 Å². The summed E-state index contributed by atoms with van der Waals surface area (Å²) in [6.07, 6.45) is 1.20. The molecule has 0 aromatic rings. The van der Waals surface area contributed by atoms with E-state index in [1.54, 1.807) is 6.92 Å². The minimum absolute atomic E-state index is 0.201. The van der Waals surface area contributed by atoms with E-state index in [1.165, 1.54) is 0 Å². The molecule has 2 rings (SSSR count). The third kappa shape index (κ3) is 2.85. The minimum Gasteiger partial charge on any atom is -0.480 e. The summed E-state index contributed by atoms with van der Waals surface area (Å²) < 4.78 is 0. The van der Waals surface area contributed by atoms with Crippen molar-refractivity contribution in [1.82, 2.24) is 15.1 Å². The van der Waals surface area contributed by atoms with Gasteiger partial charge in [-0.25, -0.2) is 14.5 Å². The van der Waals surface area contributed by atoms with Crippen molar-refractivity contribution in [1.29, 1.82) is 0 Å². The van der Waals surface area contributed by atoms with Crippen LogP contribution in [0.5, 0.6) is 0 Å². The standard InChI is InChI=1S/C15H23N3O4/c1-4-11(12(19)20)18-13(21)15(16-14(18)22)5-7-17(8-6-15)9-10(2)3/h11H,2,4-9H2,1,3H3,(H,16,22)(H,19,20). The Hall–Kier alpha value is -1.89. The van der Waals surface area contributed by atoms with Gasteiger partial charge in [0.15, 0.2) is 0 Å². The van der Waals surface area contributed by atoms with Crippen molar-refractivity contribution in [2.24, 2.45) is 0 Å². The Morgan fingerprint density at radius 2 is 2.00 bits per heavy atom. The predicted molar refractivity (Wildman–Crippen MR) is 80.3 cm³/mol. The average Bonchev–Trinajstić information content (AvgIpc) is 2.66. The van der Waals surface area contributed by atoms with Crippen LogP contribution in [0.15, 0.2) is 12.2 Å². The van der Waals surface area contributed by atoms with E-state index in [2.05, 4.69) is 16.8 Å². The number of piperidine rings is 1. The Morgan fingerprint density at radius 3 is 2.45 bits per heavy atom. The van der Waals surface area contributed by atoms with Gasteiger partial charge < -0.3 is 10.4 Å². The first-order chi connectivity index (χ1) is 10.3. The fourth-order valence-corrected chi connectivity index (χ4v) is 3.21. The number of urea groups is 1. The van der Waals surface area contributed by atoms with Gasteiger partial charge in [0.2, 0.25) is 0 Å². The summed E-state index contributed by atoms with van der Waals surface area (Å²) in [5, 5.41) is 11.9. The molecule has 0 aromatic heterocycles. The highest BCUT2D eigenvalue weighted by Gasteiger charge is 2.54. The second kappa shape index (κ2) is 6.08. The molecule has 0 aliphatic carbocycles. The maximum absolute atomic E-state index is 12.7. The van der Waals surface area contributed by atoms with Gasteiger partial charge in [0, 0.05) is 19.6 Å². The lowest BCUT2D eigenvalue weighted by atomic mass is 9.87. The van der Waals surface area contributed by atoms with Gasteiger partial charge in [0.25, 0.3) is 5.91 Å². The summed E-state index contributed by atoms with van der Waals surface area (Å²) in [6.45, 7) is 9.61. The third-order valence-corrected chi connectivity index (χ3v) is 4.38. The van der Waals surface area contributed by atoms with Gasteiger partial charge in [0.1, 0.15) is 11.6 Å². The third-order valence-electron chi connectivity index (χ3n) is 4.38. The molecule has 0 saturated carbocycles. The second-order valence-corrected chi connectivity index (χ2v) is 6.18. The molecule has 1 spiro atoms. The number of hydrogen-bond acceptors (Lipinski definition) is 4. The van der Waals surface area contributed by atoms with E-state index in [9.17, 15) is 19.5 Å². The molecule has 2 saturated heterocycles. The Morgan fingerprint density at radius 1 is 1.41 bits per heavy atom. The van der Waals surface area contributed by atoms with Crippen molar-refractivity contribution in [2.45, 2.75) is 44.7 Å². The van der Waals surface area contributed by atoms with Crippen LogP contribution in [-0.2, 0) is 9.59 Å². The molecule has 22 heavy (non-hydrogen) atoms. The molecule has 0 bridgehead atoms. The van der Waals surface area contributed by atoms with E-state index in [0.29, 0.717) is 25.9 Å². The van der Waals surface area contributed by atoms with E-state index in [1.807, 2.05) is 6.92 Å². The van der Waals surface area contributed by atoms with E-state index in [-0.39, 0.29) is 6.42 Å². The number of imide groups is 1. The van der Waals surface area contributed by atoms with Gasteiger partial charge in [0.05, 0.1) is 0 Å². The number of carbonyl (C=O) groups excluding carboxylic acids is 2. The zero-order valence-corrected chi connectivity index (χ0v) is 13.1. The lowest BCUT2D eigenvalue weighted by Crippen LogP contribution is -2.55. The van der Waals surface area contributed by atoms with Crippen molar-refractivity contribution in [2.75, 3.05) is 19.6 Å². The summed E-state index contributed by atoms with van der Waals surface area (Å²) in [7, 11) is 0. The van der Waals surface area contributed by atoms with Crippen LogP contribution in [0.4, 0.5) is 4.79 Å². The van der Waals surface area contributed by atoms with Crippen LogP contribution in [0.1, 0.15) is 33.1 Å². The van der Waals surface area contributed by atoms with Crippen molar-refractivity contribution in [3.63, 3.8) is 0 Å². The molecule has 3 amide bonds. The Bertz CT molecular complexity index is 509. The lowest BCUT2D eigenvalue weighted by molar-refractivity contribution is -0.148. The van der Waals surface area contributed by atoms with Gasteiger partial charge in [-0.05, 0) is 26.2 Å².